The van der Waals surface area contributed by atoms with E-state index < -0.39 is 51.6 Å². The third kappa shape index (κ3) is 5.28. The summed E-state index contributed by atoms with van der Waals surface area (Å²) >= 11 is 1.44. The van der Waals surface area contributed by atoms with Crippen LogP contribution in [0.2, 0.25) is 0 Å². The van der Waals surface area contributed by atoms with Gasteiger partial charge in [0.1, 0.15) is 29.9 Å². The molecule has 146 valence electrons. The number of rotatable bonds is 2. The van der Waals surface area contributed by atoms with Gasteiger partial charge in [-0.25, -0.2) is 8.93 Å². The van der Waals surface area contributed by atoms with Crippen molar-refractivity contribution in [1.82, 2.24) is 4.72 Å². The van der Waals surface area contributed by atoms with Crippen LogP contribution >= 0.6 is 11.8 Å². The maximum absolute atomic E-state index is 12.6. The molecule has 0 aromatic carbocycles. The number of hydrogen-bond acceptors (Lipinski definition) is 6. The highest BCUT2D eigenvalue weighted by Crippen LogP contribution is 2.33. The second-order valence-corrected chi connectivity index (χ2v) is 11.0. The van der Waals surface area contributed by atoms with Gasteiger partial charge in [0.25, 0.3) is 0 Å². The average Bonchev–Trinajstić information content (AvgIpc) is 2.56. The summed E-state index contributed by atoms with van der Waals surface area (Å²) < 4.78 is 21.2. The second-order valence-electron chi connectivity index (χ2n) is 7.77. The SMILES string of the molecule is C[C@H]1/C=C\CCCS[C@H]2O[C@@H]([C@H](O)[C@H](O)[C@H]2O)[C@@H]1N[S@](=O)C(C)(C)C. The lowest BCUT2D eigenvalue weighted by Gasteiger charge is -2.44. The first kappa shape index (κ1) is 21.3. The summed E-state index contributed by atoms with van der Waals surface area (Å²) in [5.41, 5.74) is -0.610. The zero-order valence-corrected chi connectivity index (χ0v) is 16.9. The molecule has 2 rings (SSSR count). The number of aliphatic hydroxyl groups excluding tert-OH is 3. The third-order valence-electron chi connectivity index (χ3n) is 4.56. The third-order valence-corrected chi connectivity index (χ3v) is 7.40. The van der Waals surface area contributed by atoms with Gasteiger partial charge in [-0.3, -0.25) is 0 Å². The van der Waals surface area contributed by atoms with E-state index in [2.05, 4.69) is 10.8 Å². The minimum Gasteiger partial charge on any atom is -0.388 e. The van der Waals surface area contributed by atoms with Crippen molar-refractivity contribution in [3.8, 4) is 0 Å². The fourth-order valence-corrected chi connectivity index (χ4v) is 4.99. The van der Waals surface area contributed by atoms with E-state index in [-0.39, 0.29) is 5.92 Å². The van der Waals surface area contributed by atoms with Crippen LogP contribution in [0.25, 0.3) is 0 Å². The summed E-state index contributed by atoms with van der Waals surface area (Å²) in [5, 5.41) is 31.0. The zero-order chi connectivity index (χ0) is 18.8. The molecule has 8 atom stereocenters. The smallest absolute Gasteiger partial charge is 0.132 e. The van der Waals surface area contributed by atoms with Gasteiger partial charge in [0.15, 0.2) is 0 Å². The van der Waals surface area contributed by atoms with Gasteiger partial charge in [-0.1, -0.05) is 19.1 Å². The molecule has 4 N–H and O–H groups in total. The zero-order valence-electron chi connectivity index (χ0n) is 15.3. The fourth-order valence-electron chi connectivity index (χ4n) is 2.91. The molecule has 0 aromatic rings. The summed E-state index contributed by atoms with van der Waals surface area (Å²) in [7, 11) is -1.35. The maximum atomic E-state index is 12.6. The average molecular weight is 394 g/mol. The van der Waals surface area contributed by atoms with E-state index in [4.69, 9.17) is 4.74 Å². The molecule has 2 aliphatic heterocycles. The second kappa shape index (κ2) is 8.82. The van der Waals surface area contributed by atoms with Gasteiger partial charge in [-0.2, -0.15) is 0 Å². The molecule has 1 saturated heterocycles. The Morgan fingerprint density at radius 3 is 2.52 bits per heavy atom. The van der Waals surface area contributed by atoms with Gasteiger partial charge in [0.05, 0.1) is 21.8 Å². The van der Waals surface area contributed by atoms with Crippen LogP contribution in [0.15, 0.2) is 12.2 Å². The van der Waals surface area contributed by atoms with Crippen molar-refractivity contribution in [3.63, 3.8) is 0 Å². The van der Waals surface area contributed by atoms with Crippen LogP contribution in [0.4, 0.5) is 0 Å². The Kier molecular flexibility index (Phi) is 7.53. The lowest BCUT2D eigenvalue weighted by Crippen LogP contribution is -2.64. The lowest BCUT2D eigenvalue weighted by molar-refractivity contribution is -0.205. The molecule has 2 bridgehead atoms. The van der Waals surface area contributed by atoms with E-state index in [1.807, 2.05) is 33.8 Å². The fraction of sp³-hybridized carbons (Fsp3) is 0.882. The van der Waals surface area contributed by atoms with E-state index in [1.165, 1.54) is 11.8 Å². The van der Waals surface area contributed by atoms with Gasteiger partial charge >= 0.3 is 0 Å². The number of fused-ring (bicyclic) bond motifs is 2. The quantitative estimate of drug-likeness (QED) is 0.521. The lowest BCUT2D eigenvalue weighted by atomic mass is 9.88. The molecule has 8 heteroatoms. The van der Waals surface area contributed by atoms with Crippen molar-refractivity contribution < 1.29 is 24.3 Å². The molecule has 1 fully saturated rings. The minimum atomic E-state index is -1.35. The van der Waals surface area contributed by atoms with E-state index in [0.29, 0.717) is 0 Å². The summed E-state index contributed by atoms with van der Waals surface area (Å²) in [4.78, 5) is 0. The topological polar surface area (TPSA) is 99.0 Å². The van der Waals surface area contributed by atoms with E-state index >= 15 is 0 Å². The van der Waals surface area contributed by atoms with Crippen LogP contribution in [0, 0.1) is 5.92 Å². The molecule has 2 aliphatic rings. The van der Waals surface area contributed by atoms with Crippen molar-refractivity contribution in [2.45, 2.75) is 81.2 Å². The Bertz CT molecular complexity index is 496. The van der Waals surface area contributed by atoms with Crippen molar-refractivity contribution in [1.29, 1.82) is 0 Å². The van der Waals surface area contributed by atoms with Crippen molar-refractivity contribution in [2.75, 3.05) is 5.75 Å². The largest absolute Gasteiger partial charge is 0.388 e. The van der Waals surface area contributed by atoms with Crippen LogP contribution in [0.3, 0.4) is 0 Å². The summed E-state index contributed by atoms with van der Waals surface area (Å²) in [5.74, 6) is 0.735. The van der Waals surface area contributed by atoms with Crippen LogP contribution in [-0.2, 0) is 15.7 Å². The summed E-state index contributed by atoms with van der Waals surface area (Å²) in [6.07, 6.45) is 1.53. The van der Waals surface area contributed by atoms with Gasteiger partial charge < -0.3 is 20.1 Å². The number of allylic oxidation sites excluding steroid dienone is 1. The molecule has 0 radical (unpaired) electrons. The first-order chi connectivity index (χ1) is 11.6. The van der Waals surface area contributed by atoms with Crippen molar-refractivity contribution >= 4 is 22.7 Å². The predicted octanol–water partition coefficient (Wildman–Crippen LogP) is 0.934. The van der Waals surface area contributed by atoms with E-state index in [0.717, 1.165) is 18.6 Å². The molecule has 2 heterocycles. The van der Waals surface area contributed by atoms with Crippen LogP contribution in [-0.4, -0.2) is 65.9 Å². The van der Waals surface area contributed by atoms with Gasteiger partial charge in [0.2, 0.25) is 0 Å². The standard InChI is InChI=1S/C17H31NO5S2/c1-10-8-6-5-7-9-24-16-14(21)12(19)13(20)15(23-16)11(10)18-25(22)17(2,3)4/h6,8,10-16,18-21H,5,7,9H2,1-4H3/b8-6-/t10-,11+,12-,13+,14+,15+,16+,25+/m0/s1. The van der Waals surface area contributed by atoms with Crippen LogP contribution in [0.1, 0.15) is 40.5 Å². The highest BCUT2D eigenvalue weighted by atomic mass is 32.2. The normalized spacial score (nSPS) is 43.1. The Morgan fingerprint density at radius 1 is 1.20 bits per heavy atom. The highest BCUT2D eigenvalue weighted by Gasteiger charge is 2.48. The first-order valence-corrected chi connectivity index (χ1v) is 11.0. The van der Waals surface area contributed by atoms with Crippen molar-refractivity contribution in [3.05, 3.63) is 12.2 Å². The molecular formula is C17H31NO5S2. The minimum absolute atomic E-state index is 0.0582. The van der Waals surface area contributed by atoms with Gasteiger partial charge in [0, 0.05) is 0 Å². The predicted molar refractivity (Wildman–Crippen MR) is 101 cm³/mol. The Balaban J connectivity index is 2.32. The summed E-state index contributed by atoms with van der Waals surface area (Å²) in [6.45, 7) is 7.59. The molecule has 0 aromatic heterocycles. The number of aliphatic hydroxyl groups is 3. The molecule has 25 heavy (non-hydrogen) atoms. The van der Waals surface area contributed by atoms with Crippen molar-refractivity contribution in [2.24, 2.45) is 5.92 Å². The van der Waals surface area contributed by atoms with Gasteiger partial charge in [-0.05, 0) is 45.3 Å². The van der Waals surface area contributed by atoms with E-state index in [1.54, 1.807) is 0 Å². The summed E-state index contributed by atoms with van der Waals surface area (Å²) in [6, 6.07) is -0.449. The van der Waals surface area contributed by atoms with Crippen LogP contribution < -0.4 is 4.72 Å². The number of thioether (sulfide) groups is 1. The Morgan fingerprint density at radius 2 is 1.88 bits per heavy atom. The number of ether oxygens (including phenoxy) is 1. The number of hydrogen-bond donors (Lipinski definition) is 4. The Hall–Kier alpha value is 0.0400. The first-order valence-electron chi connectivity index (χ1n) is 8.79. The number of nitrogens with one attached hydrogen (secondary N) is 1. The monoisotopic (exact) mass is 393 g/mol. The molecular weight excluding hydrogens is 362 g/mol. The van der Waals surface area contributed by atoms with E-state index in [9.17, 15) is 19.5 Å². The Labute approximate surface area is 157 Å². The van der Waals surface area contributed by atoms with Gasteiger partial charge in [-0.15, -0.1) is 11.8 Å². The molecule has 0 aliphatic carbocycles. The highest BCUT2D eigenvalue weighted by molar-refractivity contribution is 7.99. The molecule has 0 spiro atoms. The van der Waals surface area contributed by atoms with Crippen LogP contribution in [0.5, 0.6) is 0 Å². The molecule has 0 amide bonds. The molecule has 6 nitrogen and oxygen atoms in total. The maximum Gasteiger partial charge on any atom is 0.132 e. The molecule has 0 saturated carbocycles. The molecule has 0 unspecified atom stereocenters.